The molecule has 5 rings (SSSR count). The van der Waals surface area contributed by atoms with Crippen molar-refractivity contribution in [2.75, 3.05) is 18.5 Å². The fourth-order valence-electron chi connectivity index (χ4n) is 4.46. The average Bonchev–Trinajstić information content (AvgIpc) is 3.64. The number of anilines is 1. The summed E-state index contributed by atoms with van der Waals surface area (Å²) < 4.78 is 33.1. The van der Waals surface area contributed by atoms with Gasteiger partial charge in [-0.1, -0.05) is 6.07 Å². The molecule has 0 bridgehead atoms. The van der Waals surface area contributed by atoms with Crippen molar-refractivity contribution in [2.24, 2.45) is 5.92 Å². The van der Waals surface area contributed by atoms with Gasteiger partial charge in [-0.2, -0.15) is 10.4 Å². The second-order valence-corrected chi connectivity index (χ2v) is 11.1. The number of hydrogen-bond donors (Lipinski definition) is 1. The molecule has 2 aromatic heterocycles. The van der Waals surface area contributed by atoms with Gasteiger partial charge in [0.1, 0.15) is 17.9 Å². The first-order valence-electron chi connectivity index (χ1n) is 11.4. The van der Waals surface area contributed by atoms with E-state index in [1.807, 2.05) is 6.07 Å². The van der Waals surface area contributed by atoms with Crippen molar-refractivity contribution in [3.63, 3.8) is 0 Å². The zero-order valence-electron chi connectivity index (χ0n) is 18.6. The quantitative estimate of drug-likeness (QED) is 0.551. The Bertz CT molecular complexity index is 1350. The molecule has 176 valence electrons. The molecular weight excluding hydrogens is 454 g/mol. The number of amides is 1. The summed E-state index contributed by atoms with van der Waals surface area (Å²) in [4.78, 5) is 17.9. The maximum atomic E-state index is 13.5. The Morgan fingerprint density at radius 3 is 2.65 bits per heavy atom. The summed E-state index contributed by atoms with van der Waals surface area (Å²) in [7, 11) is -3.41. The van der Waals surface area contributed by atoms with Crippen molar-refractivity contribution in [3.05, 3.63) is 48.3 Å². The molecule has 0 spiro atoms. The number of hydrogen-bond acceptors (Lipinski definition) is 7. The number of nitrogens with one attached hydrogen (secondary N) is 1. The Balaban J connectivity index is 1.50. The van der Waals surface area contributed by atoms with Gasteiger partial charge in [0.15, 0.2) is 9.84 Å². The van der Waals surface area contributed by atoms with Gasteiger partial charge in [-0.05, 0) is 62.3 Å². The zero-order chi connectivity index (χ0) is 23.7. The van der Waals surface area contributed by atoms with E-state index in [0.717, 1.165) is 12.8 Å². The molecule has 1 N–H and O–H groups in total. The third-order valence-corrected chi connectivity index (χ3v) is 8.83. The highest BCUT2D eigenvalue weighted by molar-refractivity contribution is 7.92. The second-order valence-electron chi connectivity index (χ2n) is 8.86. The highest BCUT2D eigenvalue weighted by Crippen LogP contribution is 2.37. The van der Waals surface area contributed by atoms with Gasteiger partial charge in [-0.15, -0.1) is 0 Å². The number of nitrogens with zero attached hydrogens (tertiary/aromatic N) is 4. The Hall–Kier alpha value is -3.29. The lowest BCUT2D eigenvalue weighted by Gasteiger charge is -2.26. The number of carbonyl (C=O) groups excluding carboxylic acids is 1. The van der Waals surface area contributed by atoms with E-state index in [4.69, 9.17) is 10.00 Å². The van der Waals surface area contributed by atoms with Crippen LogP contribution in [0.25, 0.3) is 10.9 Å². The molecular formula is C24H25N5O4S. The number of fused-ring (bicyclic) bond motifs is 1. The van der Waals surface area contributed by atoms with Crippen molar-refractivity contribution < 1.29 is 17.9 Å². The predicted molar refractivity (Wildman–Crippen MR) is 125 cm³/mol. The fraction of sp³-hybridized carbons (Fsp3) is 0.417. The number of aromatic nitrogens is 3. The lowest BCUT2D eigenvalue weighted by molar-refractivity contribution is -0.120. The van der Waals surface area contributed by atoms with Crippen molar-refractivity contribution in [1.82, 2.24) is 14.8 Å². The number of rotatable bonds is 7. The predicted octanol–water partition coefficient (Wildman–Crippen LogP) is 3.24. The maximum Gasteiger partial charge on any atom is 0.250 e. The minimum Gasteiger partial charge on any atom is -0.381 e. The van der Waals surface area contributed by atoms with Gasteiger partial charge in [0.05, 0.1) is 27.4 Å². The van der Waals surface area contributed by atoms with Crippen molar-refractivity contribution in [3.8, 4) is 6.07 Å². The molecule has 9 nitrogen and oxygen atoms in total. The summed E-state index contributed by atoms with van der Waals surface area (Å²) >= 11 is 0. The van der Waals surface area contributed by atoms with Crippen LogP contribution >= 0.6 is 0 Å². The summed E-state index contributed by atoms with van der Waals surface area (Å²) in [5.41, 5.74) is 1.01. The number of nitriles is 1. The van der Waals surface area contributed by atoms with E-state index in [9.17, 15) is 13.2 Å². The van der Waals surface area contributed by atoms with Gasteiger partial charge in [0.25, 0.3) is 0 Å². The van der Waals surface area contributed by atoms with Gasteiger partial charge in [-0.25, -0.2) is 13.4 Å². The highest BCUT2D eigenvalue weighted by atomic mass is 32.2. The normalized spacial score (nSPS) is 17.9. The second kappa shape index (κ2) is 9.16. The first kappa shape index (κ1) is 22.5. The molecule has 1 aromatic carbocycles. The van der Waals surface area contributed by atoms with Crippen LogP contribution in [-0.2, 0) is 19.4 Å². The van der Waals surface area contributed by atoms with E-state index in [1.54, 1.807) is 41.2 Å². The standard InChI is InChI=1S/C24H25N5O4S/c25-13-17-4-7-23(26-14-17)28-24(30)21(12-16-8-10-33-11-9-16)29-20-2-1-3-22(19(20)15-27-29)34(31,32)18-5-6-18/h1-4,7,14-16,18,21H,5-6,8-12H2,(H,26,28,30). The van der Waals surface area contributed by atoms with Gasteiger partial charge in [0.2, 0.25) is 5.91 Å². The topological polar surface area (TPSA) is 127 Å². The number of benzene rings is 1. The first-order chi connectivity index (χ1) is 16.5. The lowest BCUT2D eigenvalue weighted by Crippen LogP contribution is -2.30. The van der Waals surface area contributed by atoms with Crippen LogP contribution in [0.3, 0.4) is 0 Å². The van der Waals surface area contributed by atoms with Crippen molar-refractivity contribution in [1.29, 1.82) is 5.26 Å². The third-order valence-electron chi connectivity index (χ3n) is 6.51. The lowest BCUT2D eigenvalue weighted by atomic mass is 9.92. The van der Waals surface area contributed by atoms with Gasteiger partial charge >= 0.3 is 0 Å². The molecule has 2 aliphatic rings. The number of ether oxygens (including phenoxy) is 1. The van der Waals surface area contributed by atoms with Crippen LogP contribution < -0.4 is 5.32 Å². The third kappa shape index (κ3) is 4.41. The average molecular weight is 480 g/mol. The smallest absolute Gasteiger partial charge is 0.250 e. The Labute approximate surface area is 197 Å². The molecule has 1 saturated carbocycles. The van der Waals surface area contributed by atoms with Crippen molar-refractivity contribution in [2.45, 2.75) is 48.3 Å². The Kier molecular flexibility index (Phi) is 6.06. The molecule has 10 heteroatoms. The minimum atomic E-state index is -3.41. The van der Waals surface area contributed by atoms with Crippen LogP contribution in [0.15, 0.2) is 47.6 Å². The van der Waals surface area contributed by atoms with Gasteiger partial charge in [0, 0.05) is 24.8 Å². The molecule has 3 heterocycles. The van der Waals surface area contributed by atoms with Crippen LogP contribution in [0.5, 0.6) is 0 Å². The van der Waals surface area contributed by atoms with Crippen LogP contribution in [0.4, 0.5) is 5.82 Å². The van der Waals surface area contributed by atoms with E-state index in [-0.39, 0.29) is 22.0 Å². The molecule has 2 fully saturated rings. The van der Waals surface area contributed by atoms with Crippen molar-refractivity contribution >= 4 is 32.5 Å². The van der Waals surface area contributed by atoms with E-state index < -0.39 is 15.9 Å². The monoisotopic (exact) mass is 479 g/mol. The molecule has 1 atom stereocenters. The van der Waals surface area contributed by atoms with Gasteiger partial charge < -0.3 is 10.1 Å². The Morgan fingerprint density at radius 1 is 1.18 bits per heavy atom. The largest absolute Gasteiger partial charge is 0.381 e. The van der Waals surface area contributed by atoms with E-state index in [1.165, 1.54) is 6.20 Å². The van der Waals surface area contributed by atoms with E-state index >= 15 is 0 Å². The van der Waals surface area contributed by atoms with Crippen LogP contribution in [0.2, 0.25) is 0 Å². The molecule has 3 aromatic rings. The molecule has 34 heavy (non-hydrogen) atoms. The Morgan fingerprint density at radius 2 is 1.97 bits per heavy atom. The van der Waals surface area contributed by atoms with Gasteiger partial charge in [-0.3, -0.25) is 9.48 Å². The molecule has 1 amide bonds. The molecule has 0 radical (unpaired) electrons. The number of sulfone groups is 1. The van der Waals surface area contributed by atoms with Crippen LogP contribution in [0, 0.1) is 17.2 Å². The minimum absolute atomic E-state index is 0.274. The van der Waals surface area contributed by atoms with E-state index in [0.29, 0.717) is 54.8 Å². The summed E-state index contributed by atoms with van der Waals surface area (Å²) in [6.07, 6.45) is 6.55. The number of pyridine rings is 1. The molecule has 1 unspecified atom stereocenters. The summed E-state index contributed by atoms with van der Waals surface area (Å²) in [6.45, 7) is 1.31. The molecule has 1 saturated heterocycles. The number of carbonyl (C=O) groups is 1. The van der Waals surface area contributed by atoms with Crippen LogP contribution in [-0.4, -0.2) is 47.6 Å². The SMILES string of the molecule is N#Cc1ccc(NC(=O)C(CC2CCOCC2)n2ncc3c(S(=O)(=O)C4CC4)cccc32)nc1. The summed E-state index contributed by atoms with van der Waals surface area (Å²) in [5, 5.41) is 16.5. The van der Waals surface area contributed by atoms with Crippen LogP contribution in [0.1, 0.15) is 43.7 Å². The highest BCUT2D eigenvalue weighted by Gasteiger charge is 2.38. The summed E-state index contributed by atoms with van der Waals surface area (Å²) in [6, 6.07) is 9.66. The zero-order valence-corrected chi connectivity index (χ0v) is 19.4. The van der Waals surface area contributed by atoms with E-state index in [2.05, 4.69) is 15.4 Å². The maximum absolute atomic E-state index is 13.5. The fourth-order valence-corrected chi connectivity index (χ4v) is 6.31. The first-order valence-corrected chi connectivity index (χ1v) is 13.0. The molecule has 1 aliphatic carbocycles. The molecule has 1 aliphatic heterocycles. The summed E-state index contributed by atoms with van der Waals surface area (Å²) in [5.74, 6) is 0.328.